The van der Waals surface area contributed by atoms with Crippen molar-refractivity contribution in [3.63, 3.8) is 0 Å². The molecule has 4 rings (SSSR count). The van der Waals surface area contributed by atoms with Gasteiger partial charge in [-0.1, -0.05) is 41.7 Å². The SMILES string of the molecule is Cc1nnc(NC(=O)CCCNc2ncnc3sc(C)c(-c4ccccc4)c23)s1. The Balaban J connectivity index is 1.44. The van der Waals surface area contributed by atoms with Gasteiger partial charge < -0.3 is 10.6 Å². The van der Waals surface area contributed by atoms with Gasteiger partial charge in [0, 0.05) is 23.4 Å². The Morgan fingerprint density at radius 1 is 1.07 bits per heavy atom. The minimum Gasteiger partial charge on any atom is -0.369 e. The largest absolute Gasteiger partial charge is 0.369 e. The minimum atomic E-state index is -0.0628. The second kappa shape index (κ2) is 8.62. The first-order valence-electron chi connectivity index (χ1n) is 9.25. The lowest BCUT2D eigenvalue weighted by Crippen LogP contribution is -2.13. The number of benzene rings is 1. The zero-order chi connectivity index (χ0) is 20.2. The van der Waals surface area contributed by atoms with Crippen molar-refractivity contribution in [1.82, 2.24) is 20.2 Å². The molecule has 148 valence electrons. The van der Waals surface area contributed by atoms with Crippen molar-refractivity contribution in [3.05, 3.63) is 46.5 Å². The van der Waals surface area contributed by atoms with Crippen LogP contribution in [0.3, 0.4) is 0 Å². The van der Waals surface area contributed by atoms with Crippen molar-refractivity contribution in [2.45, 2.75) is 26.7 Å². The highest BCUT2D eigenvalue weighted by Crippen LogP contribution is 2.40. The topological polar surface area (TPSA) is 92.7 Å². The summed E-state index contributed by atoms with van der Waals surface area (Å²) in [5.74, 6) is 0.741. The number of nitrogens with zero attached hydrogens (tertiary/aromatic N) is 4. The first-order valence-corrected chi connectivity index (χ1v) is 10.9. The average Bonchev–Trinajstić information content (AvgIpc) is 3.28. The number of hydrogen-bond acceptors (Lipinski definition) is 8. The highest BCUT2D eigenvalue weighted by molar-refractivity contribution is 7.19. The lowest BCUT2D eigenvalue weighted by Gasteiger charge is -2.09. The predicted octanol–water partition coefficient (Wildman–Crippen LogP) is 4.66. The molecule has 0 bridgehead atoms. The molecule has 0 unspecified atom stereocenters. The van der Waals surface area contributed by atoms with Crippen molar-refractivity contribution >= 4 is 49.7 Å². The molecular formula is C20H20N6OS2. The maximum atomic E-state index is 12.1. The number of rotatable bonds is 7. The fraction of sp³-hybridized carbons (Fsp3) is 0.250. The fourth-order valence-corrected chi connectivity index (χ4v) is 4.74. The number of carbonyl (C=O) groups is 1. The van der Waals surface area contributed by atoms with Crippen molar-refractivity contribution in [1.29, 1.82) is 0 Å². The molecule has 1 aromatic carbocycles. The summed E-state index contributed by atoms with van der Waals surface area (Å²) in [6.45, 7) is 4.60. The summed E-state index contributed by atoms with van der Waals surface area (Å²) in [7, 11) is 0. The molecule has 9 heteroatoms. The van der Waals surface area contributed by atoms with Crippen molar-refractivity contribution < 1.29 is 4.79 Å². The summed E-state index contributed by atoms with van der Waals surface area (Å²) in [5.41, 5.74) is 2.32. The fourth-order valence-electron chi connectivity index (χ4n) is 3.12. The number of anilines is 2. The highest BCUT2D eigenvalue weighted by atomic mass is 32.1. The van der Waals surface area contributed by atoms with Crippen LogP contribution in [0.25, 0.3) is 21.3 Å². The van der Waals surface area contributed by atoms with Gasteiger partial charge in [0.2, 0.25) is 11.0 Å². The number of fused-ring (bicyclic) bond motifs is 1. The molecule has 2 N–H and O–H groups in total. The van der Waals surface area contributed by atoms with Crippen molar-refractivity contribution in [2.24, 2.45) is 0 Å². The van der Waals surface area contributed by atoms with E-state index in [4.69, 9.17) is 0 Å². The van der Waals surface area contributed by atoms with Crippen LogP contribution in [0, 0.1) is 13.8 Å². The van der Waals surface area contributed by atoms with E-state index in [2.05, 4.69) is 49.9 Å². The average molecular weight is 425 g/mol. The maximum absolute atomic E-state index is 12.1. The quantitative estimate of drug-likeness (QED) is 0.419. The molecule has 0 aliphatic rings. The van der Waals surface area contributed by atoms with Gasteiger partial charge in [0.25, 0.3) is 0 Å². The Morgan fingerprint density at radius 2 is 1.90 bits per heavy atom. The molecule has 0 aliphatic heterocycles. The van der Waals surface area contributed by atoms with E-state index in [1.54, 1.807) is 17.7 Å². The third kappa shape index (κ3) is 4.41. The van der Waals surface area contributed by atoms with Crippen LogP contribution < -0.4 is 10.6 Å². The Bertz CT molecular complexity index is 1140. The first-order chi connectivity index (χ1) is 14.1. The van der Waals surface area contributed by atoms with Gasteiger partial charge in [0.1, 0.15) is 22.0 Å². The molecule has 1 amide bonds. The standard InChI is InChI=1S/C20H20N6OS2/c1-12-16(14-7-4-3-5-8-14)17-18(22-11-23-19(17)28-12)21-10-6-9-15(27)24-20-26-25-13(2)29-20/h3-5,7-8,11H,6,9-10H2,1-2H3,(H,21,22,23)(H,24,26,27). The van der Waals surface area contributed by atoms with E-state index in [-0.39, 0.29) is 5.91 Å². The molecule has 4 aromatic rings. The molecule has 0 fully saturated rings. The van der Waals surface area contributed by atoms with Crippen molar-refractivity contribution in [3.8, 4) is 11.1 Å². The second-order valence-electron chi connectivity index (χ2n) is 6.51. The van der Waals surface area contributed by atoms with Gasteiger partial charge in [-0.2, -0.15) is 0 Å². The smallest absolute Gasteiger partial charge is 0.226 e. The lowest BCUT2D eigenvalue weighted by atomic mass is 10.0. The molecule has 0 radical (unpaired) electrons. The van der Waals surface area contributed by atoms with Gasteiger partial charge >= 0.3 is 0 Å². The van der Waals surface area contributed by atoms with E-state index >= 15 is 0 Å². The first kappa shape index (κ1) is 19.4. The number of aromatic nitrogens is 4. The molecule has 0 saturated carbocycles. The normalized spacial score (nSPS) is 11.0. The molecule has 3 aromatic heterocycles. The molecule has 0 atom stereocenters. The minimum absolute atomic E-state index is 0.0628. The van der Waals surface area contributed by atoms with E-state index in [1.807, 2.05) is 25.1 Å². The van der Waals surface area contributed by atoms with E-state index in [1.165, 1.54) is 16.2 Å². The summed E-state index contributed by atoms with van der Waals surface area (Å²) in [6, 6.07) is 10.3. The van der Waals surface area contributed by atoms with Crippen LogP contribution in [0.2, 0.25) is 0 Å². The molecule has 0 saturated heterocycles. The van der Waals surface area contributed by atoms with Crippen LogP contribution in [0.1, 0.15) is 22.7 Å². The summed E-state index contributed by atoms with van der Waals surface area (Å²) < 4.78 is 0. The summed E-state index contributed by atoms with van der Waals surface area (Å²) in [5, 5.41) is 16.4. The van der Waals surface area contributed by atoms with Crippen LogP contribution in [0.15, 0.2) is 36.7 Å². The van der Waals surface area contributed by atoms with Crippen LogP contribution in [-0.2, 0) is 4.79 Å². The predicted molar refractivity (Wildman–Crippen MR) is 119 cm³/mol. The number of nitrogens with one attached hydrogen (secondary N) is 2. The van der Waals surface area contributed by atoms with Crippen LogP contribution in [0.4, 0.5) is 10.9 Å². The van der Waals surface area contributed by atoms with Gasteiger partial charge in [0.05, 0.1) is 5.39 Å². The Labute approximate surface area is 176 Å². The monoisotopic (exact) mass is 424 g/mol. The van der Waals surface area contributed by atoms with Gasteiger partial charge in [0.15, 0.2) is 0 Å². The van der Waals surface area contributed by atoms with E-state index in [0.29, 0.717) is 24.5 Å². The van der Waals surface area contributed by atoms with Crippen LogP contribution in [0.5, 0.6) is 0 Å². The number of carbonyl (C=O) groups excluding carboxylic acids is 1. The van der Waals surface area contributed by atoms with Crippen LogP contribution >= 0.6 is 22.7 Å². The van der Waals surface area contributed by atoms with E-state index < -0.39 is 0 Å². The molecule has 0 aliphatic carbocycles. The summed E-state index contributed by atoms with van der Waals surface area (Å²) in [4.78, 5) is 23.1. The molecule has 3 heterocycles. The number of amides is 1. The Kier molecular flexibility index (Phi) is 5.77. The van der Waals surface area contributed by atoms with Crippen LogP contribution in [-0.4, -0.2) is 32.6 Å². The number of hydrogen-bond donors (Lipinski definition) is 2. The third-order valence-electron chi connectivity index (χ3n) is 4.37. The third-order valence-corrected chi connectivity index (χ3v) is 6.14. The van der Waals surface area contributed by atoms with E-state index in [0.717, 1.165) is 32.2 Å². The van der Waals surface area contributed by atoms with Gasteiger partial charge in [-0.05, 0) is 25.8 Å². The molecular weight excluding hydrogens is 404 g/mol. The number of thiophene rings is 1. The molecule has 0 spiro atoms. The van der Waals surface area contributed by atoms with E-state index in [9.17, 15) is 4.79 Å². The second-order valence-corrected chi connectivity index (χ2v) is 8.89. The summed E-state index contributed by atoms with van der Waals surface area (Å²) in [6.07, 6.45) is 2.66. The Hall–Kier alpha value is -2.91. The van der Waals surface area contributed by atoms with Gasteiger partial charge in [-0.25, -0.2) is 9.97 Å². The number of aryl methyl sites for hydroxylation is 2. The zero-order valence-corrected chi connectivity index (χ0v) is 17.7. The van der Waals surface area contributed by atoms with Gasteiger partial charge in [-0.15, -0.1) is 21.5 Å². The highest BCUT2D eigenvalue weighted by Gasteiger charge is 2.16. The molecule has 29 heavy (non-hydrogen) atoms. The summed E-state index contributed by atoms with van der Waals surface area (Å²) >= 11 is 3.04. The zero-order valence-electron chi connectivity index (χ0n) is 16.1. The maximum Gasteiger partial charge on any atom is 0.226 e. The van der Waals surface area contributed by atoms with Gasteiger partial charge in [-0.3, -0.25) is 4.79 Å². The Morgan fingerprint density at radius 3 is 2.66 bits per heavy atom. The molecule has 7 nitrogen and oxygen atoms in total. The van der Waals surface area contributed by atoms with Crippen molar-refractivity contribution in [2.75, 3.05) is 17.2 Å². The lowest BCUT2D eigenvalue weighted by molar-refractivity contribution is -0.116.